The van der Waals surface area contributed by atoms with Crippen LogP contribution in [0, 0.1) is 0 Å². The van der Waals surface area contributed by atoms with Crippen molar-refractivity contribution in [3.05, 3.63) is 66.2 Å². The number of fused-ring (bicyclic) bond motifs is 1. The summed E-state index contributed by atoms with van der Waals surface area (Å²) in [5, 5.41) is 14.0. The van der Waals surface area contributed by atoms with E-state index < -0.39 is 0 Å². The van der Waals surface area contributed by atoms with Crippen LogP contribution in [0.15, 0.2) is 55.0 Å². The number of benzene rings is 1. The Labute approximate surface area is 185 Å². The summed E-state index contributed by atoms with van der Waals surface area (Å²) < 4.78 is 0. The average molecular weight is 431 g/mol. The van der Waals surface area contributed by atoms with Gasteiger partial charge in [0, 0.05) is 56.2 Å². The Morgan fingerprint density at radius 3 is 2.72 bits per heavy atom. The van der Waals surface area contributed by atoms with E-state index in [1.54, 1.807) is 12.4 Å². The topological polar surface area (TPSA) is 105 Å². The molecule has 1 aliphatic rings. The second kappa shape index (κ2) is 8.81. The van der Waals surface area contributed by atoms with Crippen LogP contribution in [-0.2, 0) is 6.54 Å². The highest BCUT2D eigenvalue weighted by atomic mass is 16.2. The lowest BCUT2D eigenvalue weighted by Gasteiger charge is -2.32. The van der Waals surface area contributed by atoms with Crippen molar-refractivity contribution in [3.8, 4) is 0 Å². The minimum Gasteiger partial charge on any atom is -0.358 e. The SMILES string of the molecule is CN1CCN(Cc2ccc(NC(=O)c3[nH]ncc3Nc3nccc4cc[nH]c34)cc2)CC1. The fourth-order valence-corrected chi connectivity index (χ4v) is 3.91. The van der Waals surface area contributed by atoms with Crippen molar-refractivity contribution in [1.82, 2.24) is 30.0 Å². The van der Waals surface area contributed by atoms with Crippen LogP contribution in [0.4, 0.5) is 17.2 Å². The van der Waals surface area contributed by atoms with E-state index in [-0.39, 0.29) is 5.91 Å². The molecule has 0 aliphatic carbocycles. The van der Waals surface area contributed by atoms with E-state index in [2.05, 4.69) is 59.8 Å². The zero-order valence-electron chi connectivity index (χ0n) is 17.9. The predicted octanol–water partition coefficient (Wildman–Crippen LogP) is 3.03. The van der Waals surface area contributed by atoms with Gasteiger partial charge in [0.2, 0.25) is 0 Å². The van der Waals surface area contributed by atoms with E-state index in [1.807, 2.05) is 30.5 Å². The molecular weight excluding hydrogens is 404 g/mol. The normalized spacial score (nSPS) is 15.2. The summed E-state index contributed by atoms with van der Waals surface area (Å²) >= 11 is 0. The molecule has 164 valence electrons. The van der Waals surface area contributed by atoms with E-state index in [0.29, 0.717) is 17.2 Å². The van der Waals surface area contributed by atoms with E-state index in [4.69, 9.17) is 0 Å². The molecule has 0 saturated carbocycles. The molecule has 0 unspecified atom stereocenters. The number of nitrogens with zero attached hydrogens (tertiary/aromatic N) is 4. The molecule has 1 saturated heterocycles. The van der Waals surface area contributed by atoms with Crippen molar-refractivity contribution in [2.24, 2.45) is 0 Å². The number of amides is 1. The highest BCUT2D eigenvalue weighted by Gasteiger charge is 2.17. The number of pyridine rings is 1. The number of anilines is 3. The maximum Gasteiger partial charge on any atom is 0.275 e. The summed E-state index contributed by atoms with van der Waals surface area (Å²) in [6.45, 7) is 5.28. The molecule has 9 nitrogen and oxygen atoms in total. The van der Waals surface area contributed by atoms with Crippen LogP contribution in [0.2, 0.25) is 0 Å². The monoisotopic (exact) mass is 430 g/mol. The first kappa shape index (κ1) is 20.2. The van der Waals surface area contributed by atoms with Gasteiger partial charge in [0.1, 0.15) is 5.69 Å². The summed E-state index contributed by atoms with van der Waals surface area (Å²) in [6.07, 6.45) is 5.16. The molecule has 0 bridgehead atoms. The van der Waals surface area contributed by atoms with E-state index in [9.17, 15) is 4.79 Å². The third-order valence-electron chi connectivity index (χ3n) is 5.81. The van der Waals surface area contributed by atoms with E-state index >= 15 is 0 Å². The molecule has 9 heteroatoms. The van der Waals surface area contributed by atoms with Gasteiger partial charge in [0.15, 0.2) is 5.82 Å². The van der Waals surface area contributed by atoms with Gasteiger partial charge in [-0.2, -0.15) is 5.10 Å². The average Bonchev–Trinajstić information content (AvgIpc) is 3.47. The molecular formula is C23H26N8O. The third kappa shape index (κ3) is 4.34. The van der Waals surface area contributed by atoms with Gasteiger partial charge >= 0.3 is 0 Å². The maximum atomic E-state index is 12.9. The van der Waals surface area contributed by atoms with Gasteiger partial charge < -0.3 is 20.5 Å². The first-order valence-corrected chi connectivity index (χ1v) is 10.7. The number of hydrogen-bond donors (Lipinski definition) is 4. The van der Waals surface area contributed by atoms with Crippen LogP contribution in [0.3, 0.4) is 0 Å². The van der Waals surface area contributed by atoms with Crippen LogP contribution in [0.5, 0.6) is 0 Å². The quantitative estimate of drug-likeness (QED) is 0.375. The zero-order valence-corrected chi connectivity index (χ0v) is 17.9. The number of nitrogens with one attached hydrogen (secondary N) is 4. The largest absolute Gasteiger partial charge is 0.358 e. The molecule has 32 heavy (non-hydrogen) atoms. The first-order valence-electron chi connectivity index (χ1n) is 10.7. The van der Waals surface area contributed by atoms with Gasteiger partial charge in [-0.15, -0.1) is 0 Å². The number of rotatable bonds is 6. The maximum absolute atomic E-state index is 12.9. The summed E-state index contributed by atoms with van der Waals surface area (Å²) in [5.74, 6) is 0.367. The first-order chi connectivity index (χ1) is 15.7. The summed E-state index contributed by atoms with van der Waals surface area (Å²) in [7, 11) is 2.16. The molecule has 4 aromatic rings. The molecule has 1 aromatic carbocycles. The number of aromatic amines is 2. The lowest BCUT2D eigenvalue weighted by Crippen LogP contribution is -2.43. The number of aromatic nitrogens is 4. The molecule has 5 rings (SSSR count). The van der Waals surface area contributed by atoms with Gasteiger partial charge in [-0.05, 0) is 36.9 Å². The Morgan fingerprint density at radius 1 is 1.09 bits per heavy atom. The molecule has 3 aromatic heterocycles. The number of H-pyrrole nitrogens is 2. The minimum atomic E-state index is -0.268. The standard InChI is InChI=1S/C23H26N8O/c1-30-10-12-31(13-11-30)15-16-2-4-18(5-3-16)27-23(32)21-19(14-26-29-21)28-22-20-17(6-8-24-20)7-9-25-22/h2-9,14,24H,10-13,15H2,1H3,(H,25,28)(H,26,29)(H,27,32). The number of carbonyl (C=O) groups excluding carboxylic acids is 1. The Bertz CT molecular complexity index is 1200. The minimum absolute atomic E-state index is 0.268. The fourth-order valence-electron chi connectivity index (χ4n) is 3.91. The van der Waals surface area contributed by atoms with Crippen molar-refractivity contribution in [1.29, 1.82) is 0 Å². The van der Waals surface area contributed by atoms with Gasteiger partial charge in [0.25, 0.3) is 5.91 Å². The van der Waals surface area contributed by atoms with Gasteiger partial charge in [-0.25, -0.2) is 4.98 Å². The number of likely N-dealkylation sites (N-methyl/N-ethyl adjacent to an activating group) is 1. The van der Waals surface area contributed by atoms with Crippen LogP contribution in [-0.4, -0.2) is 69.1 Å². The lowest BCUT2D eigenvalue weighted by molar-refractivity contribution is 0.102. The molecule has 0 spiro atoms. The number of hydrogen-bond acceptors (Lipinski definition) is 6. The molecule has 4 N–H and O–H groups in total. The molecule has 0 radical (unpaired) electrons. The van der Waals surface area contributed by atoms with Crippen LogP contribution in [0.1, 0.15) is 16.1 Å². The summed E-state index contributed by atoms with van der Waals surface area (Å²) in [4.78, 5) is 25.2. The van der Waals surface area contributed by atoms with E-state index in [1.165, 1.54) is 5.56 Å². The number of piperazine rings is 1. The van der Waals surface area contributed by atoms with Crippen molar-refractivity contribution < 1.29 is 4.79 Å². The Hall–Kier alpha value is -3.69. The highest BCUT2D eigenvalue weighted by Crippen LogP contribution is 2.24. The lowest BCUT2D eigenvalue weighted by atomic mass is 10.1. The van der Waals surface area contributed by atoms with E-state index in [0.717, 1.165) is 49.3 Å². The predicted molar refractivity (Wildman–Crippen MR) is 125 cm³/mol. The summed E-state index contributed by atoms with van der Waals surface area (Å²) in [5.41, 5.74) is 3.75. The van der Waals surface area contributed by atoms with Crippen molar-refractivity contribution in [3.63, 3.8) is 0 Å². The third-order valence-corrected chi connectivity index (χ3v) is 5.81. The van der Waals surface area contributed by atoms with Crippen LogP contribution >= 0.6 is 0 Å². The molecule has 0 atom stereocenters. The van der Waals surface area contributed by atoms with Crippen LogP contribution < -0.4 is 10.6 Å². The zero-order chi connectivity index (χ0) is 21.9. The fraction of sp³-hybridized carbons (Fsp3) is 0.261. The van der Waals surface area contributed by atoms with Gasteiger partial charge in [-0.1, -0.05) is 12.1 Å². The van der Waals surface area contributed by atoms with Gasteiger partial charge in [0.05, 0.1) is 17.4 Å². The van der Waals surface area contributed by atoms with Crippen molar-refractivity contribution in [2.75, 3.05) is 43.9 Å². The smallest absolute Gasteiger partial charge is 0.275 e. The summed E-state index contributed by atoms with van der Waals surface area (Å²) in [6, 6.07) is 11.9. The second-order valence-electron chi connectivity index (χ2n) is 8.12. The second-order valence-corrected chi connectivity index (χ2v) is 8.12. The van der Waals surface area contributed by atoms with Crippen molar-refractivity contribution >= 4 is 34.0 Å². The van der Waals surface area contributed by atoms with Crippen molar-refractivity contribution in [2.45, 2.75) is 6.54 Å². The molecule has 1 aliphatic heterocycles. The molecule has 4 heterocycles. The Morgan fingerprint density at radius 2 is 1.91 bits per heavy atom. The molecule has 1 amide bonds. The Kier molecular flexibility index (Phi) is 5.57. The molecule has 1 fully saturated rings. The Balaban J connectivity index is 1.24. The highest BCUT2D eigenvalue weighted by molar-refractivity contribution is 6.07. The number of carbonyl (C=O) groups is 1. The van der Waals surface area contributed by atoms with Crippen LogP contribution in [0.25, 0.3) is 10.9 Å². The van der Waals surface area contributed by atoms with Gasteiger partial charge in [-0.3, -0.25) is 14.8 Å².